The van der Waals surface area contributed by atoms with Crippen LogP contribution in [0.3, 0.4) is 0 Å². The first-order chi connectivity index (χ1) is 11.5. The average molecular weight is 436 g/mol. The fourth-order valence-electron chi connectivity index (χ4n) is 2.73. The van der Waals surface area contributed by atoms with Gasteiger partial charge in [0.15, 0.2) is 20.0 Å². The lowest BCUT2D eigenvalue weighted by atomic mass is 10.3. The maximum atomic E-state index is 11.4. The van der Waals surface area contributed by atoms with Gasteiger partial charge >= 0.3 is 11.0 Å². The molecule has 0 atom stereocenters. The highest BCUT2D eigenvalue weighted by Gasteiger charge is 2.46. The van der Waals surface area contributed by atoms with Gasteiger partial charge in [0.2, 0.25) is 0 Å². The number of hydrogen-bond donors (Lipinski definition) is 0. The Morgan fingerprint density at radius 3 is 1.31 bits per heavy atom. The molecule has 0 N–H and O–H groups in total. The van der Waals surface area contributed by atoms with Gasteiger partial charge in [0.05, 0.1) is 26.2 Å². The first-order valence-corrected chi connectivity index (χ1v) is 10.6. The lowest BCUT2D eigenvalue weighted by Crippen LogP contribution is -2.46. The van der Waals surface area contributed by atoms with Crippen LogP contribution in [0, 0.1) is 0 Å². The Kier molecular flexibility index (Phi) is 8.85. The monoisotopic (exact) mass is 436 g/mol. The van der Waals surface area contributed by atoms with E-state index in [9.17, 15) is 43.2 Å². The normalized spacial score (nSPS) is 18.3. The highest BCUT2D eigenvalue weighted by atomic mass is 32.3. The molecular weight excluding hydrogens is 414 g/mol. The van der Waals surface area contributed by atoms with E-state index in [1.165, 1.54) is 56.3 Å². The van der Waals surface area contributed by atoms with Gasteiger partial charge in [-0.2, -0.15) is 26.3 Å². The van der Waals surface area contributed by atoms with E-state index in [1.807, 2.05) is 0 Å². The molecule has 1 saturated heterocycles. The van der Waals surface area contributed by atoms with Crippen molar-refractivity contribution < 1.29 is 47.7 Å². The zero-order chi connectivity index (χ0) is 20.9. The molecule has 1 rings (SSSR count). The molecule has 0 saturated carbocycles. The summed E-state index contributed by atoms with van der Waals surface area (Å²) >= 11 is 0. The van der Waals surface area contributed by atoms with Crippen LogP contribution in [-0.4, -0.2) is 58.5 Å². The number of rotatable bonds is 6. The largest absolute Gasteiger partial charge is 0.480 e. The molecule has 26 heavy (non-hydrogen) atoms. The molecule has 0 aromatic heterocycles. The van der Waals surface area contributed by atoms with Crippen molar-refractivity contribution in [2.24, 2.45) is 0 Å². The van der Waals surface area contributed by atoms with Gasteiger partial charge in [-0.15, -0.1) is 0 Å². The molecule has 1 aliphatic heterocycles. The van der Waals surface area contributed by atoms with Crippen LogP contribution in [0.25, 0.3) is 4.13 Å². The number of sulfonamides is 2. The van der Waals surface area contributed by atoms with Crippen molar-refractivity contribution in [3.63, 3.8) is 0 Å². The quantitative estimate of drug-likeness (QED) is 0.472. The van der Waals surface area contributed by atoms with Crippen LogP contribution in [0.4, 0.5) is 26.3 Å². The maximum Gasteiger partial charge on any atom is 0.480 e. The van der Waals surface area contributed by atoms with Gasteiger partial charge in [-0.25, -0.2) is 16.8 Å². The van der Waals surface area contributed by atoms with Crippen LogP contribution in [-0.2, 0) is 20.0 Å². The van der Waals surface area contributed by atoms with Gasteiger partial charge in [0, 0.05) is 12.8 Å². The Morgan fingerprint density at radius 2 is 1.08 bits per heavy atom. The van der Waals surface area contributed by atoms with E-state index in [0.29, 0.717) is 0 Å². The molecular formula is C12H22F6N2O4S2. The van der Waals surface area contributed by atoms with Crippen molar-refractivity contribution in [3.8, 4) is 0 Å². The summed E-state index contributed by atoms with van der Waals surface area (Å²) in [4.78, 5) is 0. The Morgan fingerprint density at radius 1 is 0.769 bits per heavy atom. The van der Waals surface area contributed by atoms with E-state index in [1.54, 1.807) is 0 Å². The third-order valence-electron chi connectivity index (χ3n) is 3.69. The zero-order valence-electron chi connectivity index (χ0n) is 14.3. The van der Waals surface area contributed by atoms with E-state index in [0.717, 1.165) is 4.13 Å². The summed E-state index contributed by atoms with van der Waals surface area (Å²) in [6, 6.07) is 0. The van der Waals surface area contributed by atoms with Crippen molar-refractivity contribution in [1.29, 1.82) is 0 Å². The summed E-state index contributed by atoms with van der Waals surface area (Å²) in [6.45, 7) is 10.4. The summed E-state index contributed by atoms with van der Waals surface area (Å²) < 4.78 is 111. The lowest BCUT2D eigenvalue weighted by molar-refractivity contribution is -0.916. The molecule has 1 fully saturated rings. The molecule has 0 amide bonds. The molecule has 1 aliphatic rings. The molecule has 14 heteroatoms. The Balaban J connectivity index is 0.000000502. The predicted octanol–water partition coefficient (Wildman–Crippen LogP) is 3.48. The first-order valence-electron chi connectivity index (χ1n) is 7.75. The van der Waals surface area contributed by atoms with Crippen molar-refractivity contribution >= 4 is 20.0 Å². The van der Waals surface area contributed by atoms with Crippen LogP contribution < -0.4 is 0 Å². The molecule has 158 valence electrons. The van der Waals surface area contributed by atoms with Gasteiger partial charge in [-0.05, 0) is 12.8 Å². The molecule has 0 unspecified atom stereocenters. The molecule has 0 aromatic carbocycles. The minimum Gasteiger partial charge on any atom is -0.421 e. The van der Waals surface area contributed by atoms with E-state index < -0.39 is 31.1 Å². The minimum atomic E-state index is -6.72. The number of quaternary nitrogens is 1. The minimum absolute atomic E-state index is 0.778. The number of likely N-dealkylation sites (tertiary alicyclic amines) is 1. The third kappa shape index (κ3) is 7.19. The fraction of sp³-hybridized carbons (Fsp3) is 1.00. The number of halogens is 6. The standard InChI is InChI=1S/C10H22N.C2F6NO4S2/c1-3-7-11(8-4-2)9-5-6-10-11;3-1(4,5)14(10,11)9-15(12,13)2(6,7)8/h3-10H2,1-2H3;/q+1;-1. The van der Waals surface area contributed by atoms with Gasteiger partial charge < -0.3 is 8.61 Å². The zero-order valence-corrected chi connectivity index (χ0v) is 15.9. The van der Waals surface area contributed by atoms with Crippen LogP contribution in [0.1, 0.15) is 39.5 Å². The molecule has 1 heterocycles. The maximum absolute atomic E-state index is 11.4. The number of hydrogen-bond acceptors (Lipinski definition) is 4. The molecule has 6 nitrogen and oxygen atoms in total. The van der Waals surface area contributed by atoms with Crippen molar-refractivity contribution in [3.05, 3.63) is 4.13 Å². The number of nitrogens with zero attached hydrogens (tertiary/aromatic N) is 2. The van der Waals surface area contributed by atoms with Crippen molar-refractivity contribution in [2.45, 2.75) is 50.5 Å². The first kappa shape index (κ1) is 25.4. The Hall–Kier alpha value is -0.600. The predicted molar refractivity (Wildman–Crippen MR) is 82.9 cm³/mol. The van der Waals surface area contributed by atoms with Crippen LogP contribution in [0.5, 0.6) is 0 Å². The summed E-state index contributed by atoms with van der Waals surface area (Å²) in [5.41, 5.74) is -12.4. The SMILES string of the molecule is CCC[N+]1(CCC)CCCC1.O=S(=O)([N-]S(=O)(=O)C(F)(F)F)C(F)(F)F. The highest BCUT2D eigenvalue weighted by molar-refractivity contribution is 8.13. The number of alkyl halides is 6. The van der Waals surface area contributed by atoms with E-state index >= 15 is 0 Å². The van der Waals surface area contributed by atoms with Crippen molar-refractivity contribution in [2.75, 3.05) is 26.2 Å². The second-order valence-electron chi connectivity index (χ2n) is 5.86. The molecule has 0 spiro atoms. The Bertz CT molecular complexity index is 588. The van der Waals surface area contributed by atoms with E-state index in [-0.39, 0.29) is 0 Å². The van der Waals surface area contributed by atoms with Gasteiger partial charge in [0.25, 0.3) is 0 Å². The highest BCUT2D eigenvalue weighted by Crippen LogP contribution is 2.36. The van der Waals surface area contributed by atoms with Gasteiger partial charge in [-0.3, -0.25) is 0 Å². The van der Waals surface area contributed by atoms with Crippen LogP contribution in [0.2, 0.25) is 0 Å². The topological polar surface area (TPSA) is 82.4 Å². The summed E-state index contributed by atoms with van der Waals surface area (Å²) in [5, 5.41) is 0. The summed E-state index contributed by atoms with van der Waals surface area (Å²) in [6.07, 6.45) is 5.67. The lowest BCUT2D eigenvalue weighted by Gasteiger charge is -2.33. The van der Waals surface area contributed by atoms with Gasteiger partial charge in [-0.1, -0.05) is 13.8 Å². The summed E-state index contributed by atoms with van der Waals surface area (Å²) in [7, 11) is -13.4. The molecule has 0 radical (unpaired) electrons. The summed E-state index contributed by atoms with van der Waals surface area (Å²) in [5.74, 6) is 0. The second kappa shape index (κ2) is 9.06. The Labute approximate surface area is 149 Å². The third-order valence-corrected chi connectivity index (χ3v) is 6.43. The van der Waals surface area contributed by atoms with E-state index in [2.05, 4.69) is 13.8 Å². The van der Waals surface area contributed by atoms with E-state index in [4.69, 9.17) is 0 Å². The smallest absolute Gasteiger partial charge is 0.421 e. The second-order valence-corrected chi connectivity index (χ2v) is 9.28. The van der Waals surface area contributed by atoms with Crippen LogP contribution in [0.15, 0.2) is 0 Å². The van der Waals surface area contributed by atoms with Crippen molar-refractivity contribution in [1.82, 2.24) is 0 Å². The fourth-order valence-corrected chi connectivity index (χ4v) is 4.44. The average Bonchev–Trinajstić information content (AvgIpc) is 2.85. The molecule has 0 aliphatic carbocycles. The van der Waals surface area contributed by atoms with Gasteiger partial charge in [0.1, 0.15) is 0 Å². The molecule has 0 bridgehead atoms. The van der Waals surface area contributed by atoms with Crippen LogP contribution >= 0.6 is 0 Å². The molecule has 0 aromatic rings.